The highest BCUT2D eigenvalue weighted by Crippen LogP contribution is 2.31. The molecule has 0 fully saturated rings. The lowest BCUT2D eigenvalue weighted by atomic mass is 10.2. The van der Waals surface area contributed by atoms with Crippen LogP contribution in [-0.4, -0.2) is 22.5 Å². The smallest absolute Gasteiger partial charge is 0.240 e. The molecular formula is C14H16FN3O2S. The van der Waals surface area contributed by atoms with Gasteiger partial charge in [0.1, 0.15) is 5.82 Å². The average molecular weight is 309 g/mol. The second kappa shape index (κ2) is 5.71. The Morgan fingerprint density at radius 3 is 2.52 bits per heavy atom. The fourth-order valence-electron chi connectivity index (χ4n) is 1.92. The van der Waals surface area contributed by atoms with E-state index in [-0.39, 0.29) is 10.7 Å². The summed E-state index contributed by atoms with van der Waals surface area (Å²) in [6, 6.07) is 10.3. The molecule has 2 aromatic carbocycles. The van der Waals surface area contributed by atoms with Crippen LogP contribution in [0.3, 0.4) is 0 Å². The Kier molecular flexibility index (Phi) is 4.15. The van der Waals surface area contributed by atoms with Crippen LogP contribution in [0.5, 0.6) is 0 Å². The number of nitrogens with two attached hydrogens (primary N) is 1. The van der Waals surface area contributed by atoms with Crippen LogP contribution in [0.2, 0.25) is 0 Å². The van der Waals surface area contributed by atoms with Gasteiger partial charge in [0.25, 0.3) is 0 Å². The van der Waals surface area contributed by atoms with Crippen molar-refractivity contribution in [1.29, 1.82) is 0 Å². The van der Waals surface area contributed by atoms with E-state index in [1.807, 2.05) is 0 Å². The average Bonchev–Trinajstić information content (AvgIpc) is 2.47. The minimum absolute atomic E-state index is 0.0949. The molecule has 0 aliphatic heterocycles. The van der Waals surface area contributed by atoms with Crippen molar-refractivity contribution in [2.45, 2.75) is 4.90 Å². The van der Waals surface area contributed by atoms with Gasteiger partial charge in [0, 0.05) is 12.7 Å². The van der Waals surface area contributed by atoms with Gasteiger partial charge in [-0.1, -0.05) is 6.07 Å². The van der Waals surface area contributed by atoms with Crippen molar-refractivity contribution in [3.05, 3.63) is 48.3 Å². The van der Waals surface area contributed by atoms with Crippen LogP contribution in [0.4, 0.5) is 21.5 Å². The number of anilines is 3. The summed E-state index contributed by atoms with van der Waals surface area (Å²) in [5.41, 5.74) is 7.35. The number of hydrogen-bond acceptors (Lipinski definition) is 4. The molecule has 5 nitrogen and oxygen atoms in total. The fourth-order valence-corrected chi connectivity index (χ4v) is 2.67. The molecule has 0 spiro atoms. The molecule has 0 unspecified atom stereocenters. The number of nitrogens with one attached hydrogen (secondary N) is 1. The maximum atomic E-state index is 13.3. The molecule has 0 aliphatic rings. The third kappa shape index (κ3) is 3.14. The van der Waals surface area contributed by atoms with Crippen molar-refractivity contribution in [2.24, 2.45) is 0 Å². The summed E-state index contributed by atoms with van der Waals surface area (Å²) in [7, 11) is -0.542. The summed E-state index contributed by atoms with van der Waals surface area (Å²) in [4.78, 5) is 1.73. The van der Waals surface area contributed by atoms with Gasteiger partial charge in [-0.25, -0.2) is 17.5 Å². The maximum Gasteiger partial charge on any atom is 0.240 e. The molecule has 0 radical (unpaired) electrons. The Morgan fingerprint density at radius 1 is 1.19 bits per heavy atom. The second-order valence-electron chi connectivity index (χ2n) is 4.47. The van der Waals surface area contributed by atoms with Crippen molar-refractivity contribution in [2.75, 3.05) is 24.7 Å². The van der Waals surface area contributed by atoms with E-state index in [2.05, 4.69) is 4.72 Å². The third-order valence-corrected chi connectivity index (χ3v) is 4.55. The van der Waals surface area contributed by atoms with E-state index in [9.17, 15) is 12.8 Å². The Morgan fingerprint density at radius 2 is 1.90 bits per heavy atom. The topological polar surface area (TPSA) is 75.4 Å². The molecule has 7 heteroatoms. The van der Waals surface area contributed by atoms with Gasteiger partial charge in [0.05, 0.1) is 16.3 Å². The quantitative estimate of drug-likeness (QED) is 0.848. The molecule has 0 saturated carbocycles. The van der Waals surface area contributed by atoms with Gasteiger partial charge in [0.15, 0.2) is 0 Å². The number of sulfonamides is 1. The third-order valence-electron chi connectivity index (χ3n) is 3.14. The summed E-state index contributed by atoms with van der Waals surface area (Å²) < 4.78 is 39.2. The predicted octanol–water partition coefficient (Wildman–Crippen LogP) is 2.08. The van der Waals surface area contributed by atoms with E-state index in [1.165, 1.54) is 37.4 Å². The van der Waals surface area contributed by atoms with Crippen LogP contribution in [0, 0.1) is 5.82 Å². The Hall–Kier alpha value is -2.12. The lowest BCUT2D eigenvalue weighted by molar-refractivity contribution is 0.588. The number of hydrogen-bond donors (Lipinski definition) is 2. The van der Waals surface area contributed by atoms with Crippen LogP contribution in [0.25, 0.3) is 0 Å². The van der Waals surface area contributed by atoms with E-state index < -0.39 is 10.0 Å². The largest absolute Gasteiger partial charge is 0.397 e. The first-order chi connectivity index (χ1) is 9.85. The van der Waals surface area contributed by atoms with E-state index in [4.69, 9.17) is 5.73 Å². The van der Waals surface area contributed by atoms with E-state index in [0.29, 0.717) is 17.1 Å². The van der Waals surface area contributed by atoms with Gasteiger partial charge >= 0.3 is 0 Å². The van der Waals surface area contributed by atoms with Crippen molar-refractivity contribution in [1.82, 2.24) is 4.72 Å². The maximum absolute atomic E-state index is 13.3. The van der Waals surface area contributed by atoms with Gasteiger partial charge in [0.2, 0.25) is 10.0 Å². The molecule has 0 atom stereocenters. The first-order valence-corrected chi connectivity index (χ1v) is 7.66. The molecule has 0 saturated heterocycles. The van der Waals surface area contributed by atoms with Crippen molar-refractivity contribution < 1.29 is 12.8 Å². The number of halogens is 1. The molecule has 112 valence electrons. The zero-order valence-corrected chi connectivity index (χ0v) is 12.5. The molecule has 2 rings (SSSR count). The highest BCUT2D eigenvalue weighted by atomic mass is 32.2. The van der Waals surface area contributed by atoms with Gasteiger partial charge in [-0.15, -0.1) is 0 Å². The Balaban J connectivity index is 2.51. The first-order valence-electron chi connectivity index (χ1n) is 6.17. The standard InChI is InChI=1S/C14H16FN3O2S/c1-17-21(19,20)12-6-7-13(16)14(9-12)18(2)11-5-3-4-10(15)8-11/h3-9,17H,16H2,1-2H3. The normalized spacial score (nSPS) is 11.4. The van der Waals surface area contributed by atoms with Crippen LogP contribution in [0.1, 0.15) is 0 Å². The second-order valence-corrected chi connectivity index (χ2v) is 6.35. The molecule has 0 amide bonds. The Labute approximate surface area is 123 Å². The van der Waals surface area contributed by atoms with E-state index in [0.717, 1.165) is 0 Å². The number of nitrogens with zero attached hydrogens (tertiary/aromatic N) is 1. The summed E-state index contributed by atoms with van der Waals surface area (Å²) in [6.07, 6.45) is 0. The monoisotopic (exact) mass is 309 g/mol. The summed E-state index contributed by atoms with van der Waals surface area (Å²) in [6.45, 7) is 0. The summed E-state index contributed by atoms with van der Waals surface area (Å²) in [5.74, 6) is -0.378. The zero-order chi connectivity index (χ0) is 15.6. The highest BCUT2D eigenvalue weighted by molar-refractivity contribution is 7.89. The molecule has 0 aliphatic carbocycles. The molecule has 2 aromatic rings. The van der Waals surface area contributed by atoms with Crippen LogP contribution >= 0.6 is 0 Å². The van der Waals surface area contributed by atoms with E-state index >= 15 is 0 Å². The lowest BCUT2D eigenvalue weighted by Gasteiger charge is -2.22. The summed E-state index contributed by atoms with van der Waals surface area (Å²) >= 11 is 0. The van der Waals surface area contributed by atoms with Crippen LogP contribution in [0.15, 0.2) is 47.4 Å². The van der Waals surface area contributed by atoms with Crippen molar-refractivity contribution in [3.63, 3.8) is 0 Å². The zero-order valence-electron chi connectivity index (χ0n) is 11.7. The Bertz CT molecular complexity index is 763. The van der Waals surface area contributed by atoms with Crippen LogP contribution < -0.4 is 15.4 Å². The highest BCUT2D eigenvalue weighted by Gasteiger charge is 2.16. The summed E-state index contributed by atoms with van der Waals surface area (Å²) in [5, 5.41) is 0. The molecule has 0 aromatic heterocycles. The van der Waals surface area contributed by atoms with Gasteiger partial charge in [-0.3, -0.25) is 0 Å². The fraction of sp³-hybridized carbons (Fsp3) is 0.143. The van der Waals surface area contributed by atoms with Gasteiger partial charge < -0.3 is 10.6 Å². The molecule has 21 heavy (non-hydrogen) atoms. The number of nitrogen functional groups attached to an aromatic ring is 1. The predicted molar refractivity (Wildman–Crippen MR) is 81.6 cm³/mol. The number of rotatable bonds is 4. The van der Waals surface area contributed by atoms with Crippen molar-refractivity contribution >= 4 is 27.1 Å². The van der Waals surface area contributed by atoms with Gasteiger partial charge in [-0.2, -0.15) is 0 Å². The molecule has 3 N–H and O–H groups in total. The lowest BCUT2D eigenvalue weighted by Crippen LogP contribution is -2.19. The SMILES string of the molecule is CNS(=O)(=O)c1ccc(N)c(N(C)c2cccc(F)c2)c1. The van der Waals surface area contributed by atoms with Crippen LogP contribution in [-0.2, 0) is 10.0 Å². The van der Waals surface area contributed by atoms with Gasteiger partial charge in [-0.05, 0) is 43.4 Å². The number of benzene rings is 2. The van der Waals surface area contributed by atoms with E-state index in [1.54, 1.807) is 24.1 Å². The molecule has 0 heterocycles. The molecular weight excluding hydrogens is 293 g/mol. The minimum atomic E-state index is -3.57. The van der Waals surface area contributed by atoms with Crippen molar-refractivity contribution in [3.8, 4) is 0 Å². The first kappa shape index (κ1) is 15.3. The molecule has 0 bridgehead atoms. The minimum Gasteiger partial charge on any atom is -0.397 e.